The third kappa shape index (κ3) is 7.17. The first-order valence-electron chi connectivity index (χ1n) is 7.27. The number of pyridine rings is 1. The maximum Gasteiger partial charge on any atom is 0.251 e. The fourth-order valence-corrected chi connectivity index (χ4v) is 1.79. The van der Waals surface area contributed by atoms with Gasteiger partial charge in [0.1, 0.15) is 12.4 Å². The maximum absolute atomic E-state index is 12.0. The van der Waals surface area contributed by atoms with Crippen LogP contribution in [0.1, 0.15) is 23.0 Å². The summed E-state index contributed by atoms with van der Waals surface area (Å²) in [4.78, 5) is 16.2. The molecular formula is C17H23Cl2N3O2. The summed E-state index contributed by atoms with van der Waals surface area (Å²) in [5.74, 6) is 0.629. The molecule has 1 amide bonds. The molecule has 7 heteroatoms. The summed E-state index contributed by atoms with van der Waals surface area (Å²) >= 11 is 0. The van der Waals surface area contributed by atoms with E-state index < -0.39 is 0 Å². The van der Waals surface area contributed by atoms with Crippen LogP contribution in [0.3, 0.4) is 0 Å². The van der Waals surface area contributed by atoms with Gasteiger partial charge in [0, 0.05) is 24.3 Å². The predicted molar refractivity (Wildman–Crippen MR) is 100 cm³/mol. The van der Waals surface area contributed by atoms with Crippen LogP contribution < -0.4 is 15.4 Å². The van der Waals surface area contributed by atoms with Gasteiger partial charge in [-0.05, 0) is 50.4 Å². The van der Waals surface area contributed by atoms with E-state index in [1.165, 1.54) is 0 Å². The number of ether oxygens (including phenoxy) is 1. The van der Waals surface area contributed by atoms with Gasteiger partial charge in [-0.15, -0.1) is 24.8 Å². The number of hydrogen-bond donors (Lipinski definition) is 2. The van der Waals surface area contributed by atoms with E-state index in [0.29, 0.717) is 24.5 Å². The van der Waals surface area contributed by atoms with Crippen LogP contribution in [0.5, 0.6) is 5.75 Å². The Morgan fingerprint density at radius 1 is 1.17 bits per heavy atom. The van der Waals surface area contributed by atoms with E-state index in [0.717, 1.165) is 5.69 Å². The van der Waals surface area contributed by atoms with Crippen molar-refractivity contribution < 1.29 is 9.53 Å². The number of hydrogen-bond acceptors (Lipinski definition) is 4. The number of carbonyl (C=O) groups excluding carboxylic acids is 1. The molecule has 1 aromatic carbocycles. The SMILES string of the molecule is CNC(C)CNC(=O)c1ccc(OCc2ccccn2)cc1.Cl.Cl. The Balaban J connectivity index is 0.00000264. The van der Waals surface area contributed by atoms with Gasteiger partial charge >= 0.3 is 0 Å². The van der Waals surface area contributed by atoms with E-state index >= 15 is 0 Å². The molecule has 0 fully saturated rings. The molecule has 132 valence electrons. The van der Waals surface area contributed by atoms with Gasteiger partial charge in [0.05, 0.1) is 5.69 Å². The Labute approximate surface area is 155 Å². The molecule has 24 heavy (non-hydrogen) atoms. The van der Waals surface area contributed by atoms with Gasteiger partial charge in [0.25, 0.3) is 5.91 Å². The van der Waals surface area contributed by atoms with Gasteiger partial charge in [-0.25, -0.2) is 0 Å². The highest BCUT2D eigenvalue weighted by Crippen LogP contribution is 2.13. The zero-order chi connectivity index (χ0) is 15.8. The van der Waals surface area contributed by atoms with Crippen molar-refractivity contribution in [3.8, 4) is 5.75 Å². The number of carbonyl (C=O) groups is 1. The van der Waals surface area contributed by atoms with Crippen molar-refractivity contribution in [1.82, 2.24) is 15.6 Å². The van der Waals surface area contributed by atoms with Crippen molar-refractivity contribution in [2.24, 2.45) is 0 Å². The van der Waals surface area contributed by atoms with Crippen LogP contribution in [0, 0.1) is 0 Å². The second kappa shape index (κ2) is 11.7. The lowest BCUT2D eigenvalue weighted by atomic mass is 10.2. The van der Waals surface area contributed by atoms with Gasteiger partial charge in [0.2, 0.25) is 0 Å². The number of halogens is 2. The number of likely N-dealkylation sites (N-methyl/N-ethyl adjacent to an activating group) is 1. The fraction of sp³-hybridized carbons (Fsp3) is 0.294. The average molecular weight is 372 g/mol. The summed E-state index contributed by atoms with van der Waals surface area (Å²) in [6, 6.07) is 13.0. The summed E-state index contributed by atoms with van der Waals surface area (Å²) in [5.41, 5.74) is 1.49. The summed E-state index contributed by atoms with van der Waals surface area (Å²) in [6.07, 6.45) is 1.73. The van der Waals surface area contributed by atoms with Crippen LogP contribution in [-0.4, -0.2) is 30.5 Å². The van der Waals surface area contributed by atoms with E-state index in [1.54, 1.807) is 30.5 Å². The quantitative estimate of drug-likeness (QED) is 0.785. The van der Waals surface area contributed by atoms with Crippen LogP contribution in [0.4, 0.5) is 0 Å². The Morgan fingerprint density at radius 2 is 1.88 bits per heavy atom. The zero-order valence-electron chi connectivity index (χ0n) is 13.7. The highest BCUT2D eigenvalue weighted by Gasteiger charge is 2.07. The molecule has 0 aliphatic heterocycles. The molecule has 1 heterocycles. The molecule has 1 aromatic heterocycles. The van der Waals surface area contributed by atoms with Gasteiger partial charge in [0.15, 0.2) is 0 Å². The van der Waals surface area contributed by atoms with Crippen LogP contribution >= 0.6 is 24.8 Å². The van der Waals surface area contributed by atoms with E-state index in [2.05, 4.69) is 15.6 Å². The summed E-state index contributed by atoms with van der Waals surface area (Å²) in [5, 5.41) is 5.95. The number of rotatable bonds is 7. The van der Waals surface area contributed by atoms with Gasteiger partial charge in [-0.1, -0.05) is 6.07 Å². The molecule has 0 bridgehead atoms. The third-order valence-electron chi connectivity index (χ3n) is 3.29. The lowest BCUT2D eigenvalue weighted by Gasteiger charge is -2.11. The number of amides is 1. The monoisotopic (exact) mass is 371 g/mol. The molecule has 0 radical (unpaired) electrons. The number of nitrogens with one attached hydrogen (secondary N) is 2. The molecule has 0 aliphatic carbocycles. The first kappa shape index (κ1) is 22.2. The smallest absolute Gasteiger partial charge is 0.251 e. The van der Waals surface area contributed by atoms with Crippen LogP contribution in [-0.2, 0) is 6.61 Å². The van der Waals surface area contributed by atoms with Crippen molar-refractivity contribution in [3.63, 3.8) is 0 Å². The fourth-order valence-electron chi connectivity index (χ4n) is 1.79. The normalized spacial score (nSPS) is 10.8. The lowest BCUT2D eigenvalue weighted by Crippen LogP contribution is -2.37. The largest absolute Gasteiger partial charge is 0.487 e. The first-order chi connectivity index (χ1) is 10.7. The van der Waals surface area contributed by atoms with E-state index in [1.807, 2.05) is 32.2 Å². The van der Waals surface area contributed by atoms with Crippen molar-refractivity contribution in [3.05, 3.63) is 59.9 Å². The number of aromatic nitrogens is 1. The standard InChI is InChI=1S/C17H21N3O2.2ClH/c1-13(18-2)11-20-17(21)14-6-8-16(9-7-14)22-12-15-5-3-4-10-19-15;;/h3-10,13,18H,11-12H2,1-2H3,(H,20,21);2*1H. The van der Waals surface area contributed by atoms with Gasteiger partial charge in [-0.3, -0.25) is 9.78 Å². The van der Waals surface area contributed by atoms with Crippen LogP contribution in [0.2, 0.25) is 0 Å². The molecule has 2 rings (SSSR count). The molecule has 5 nitrogen and oxygen atoms in total. The highest BCUT2D eigenvalue weighted by molar-refractivity contribution is 5.94. The van der Waals surface area contributed by atoms with Crippen LogP contribution in [0.25, 0.3) is 0 Å². The number of benzene rings is 1. The Hall–Kier alpha value is -1.82. The van der Waals surface area contributed by atoms with E-state index in [-0.39, 0.29) is 36.8 Å². The lowest BCUT2D eigenvalue weighted by molar-refractivity contribution is 0.0950. The molecule has 2 N–H and O–H groups in total. The molecule has 0 saturated carbocycles. The average Bonchev–Trinajstić information content (AvgIpc) is 2.59. The molecule has 1 unspecified atom stereocenters. The first-order valence-corrected chi connectivity index (χ1v) is 7.27. The molecule has 0 spiro atoms. The van der Waals surface area contributed by atoms with Crippen molar-refractivity contribution in [2.75, 3.05) is 13.6 Å². The van der Waals surface area contributed by atoms with Crippen molar-refractivity contribution >= 4 is 30.7 Å². The minimum atomic E-state index is -0.0848. The van der Waals surface area contributed by atoms with Crippen LogP contribution in [0.15, 0.2) is 48.7 Å². The Morgan fingerprint density at radius 3 is 2.46 bits per heavy atom. The second-order valence-corrected chi connectivity index (χ2v) is 5.03. The number of nitrogens with zero attached hydrogens (tertiary/aromatic N) is 1. The predicted octanol–water partition coefficient (Wildman–Crippen LogP) is 2.84. The minimum Gasteiger partial charge on any atom is -0.487 e. The van der Waals surface area contributed by atoms with E-state index in [4.69, 9.17) is 4.74 Å². The zero-order valence-corrected chi connectivity index (χ0v) is 15.3. The van der Waals surface area contributed by atoms with Gasteiger partial charge < -0.3 is 15.4 Å². The Bertz CT molecular complexity index is 595. The summed E-state index contributed by atoms with van der Waals surface area (Å²) < 4.78 is 5.64. The van der Waals surface area contributed by atoms with Crippen molar-refractivity contribution in [1.29, 1.82) is 0 Å². The molecule has 1 atom stereocenters. The third-order valence-corrected chi connectivity index (χ3v) is 3.29. The van der Waals surface area contributed by atoms with E-state index in [9.17, 15) is 4.79 Å². The summed E-state index contributed by atoms with van der Waals surface area (Å²) in [6.45, 7) is 3.01. The Kier molecular flexibility index (Phi) is 10.8. The molecular weight excluding hydrogens is 349 g/mol. The molecule has 0 aliphatic rings. The summed E-state index contributed by atoms with van der Waals surface area (Å²) in [7, 11) is 1.87. The highest BCUT2D eigenvalue weighted by atomic mass is 35.5. The van der Waals surface area contributed by atoms with Crippen molar-refractivity contribution in [2.45, 2.75) is 19.6 Å². The maximum atomic E-state index is 12.0. The second-order valence-electron chi connectivity index (χ2n) is 5.03. The molecule has 2 aromatic rings. The molecule has 0 saturated heterocycles. The topological polar surface area (TPSA) is 63.2 Å². The van der Waals surface area contributed by atoms with Gasteiger partial charge in [-0.2, -0.15) is 0 Å². The minimum absolute atomic E-state index is 0.